The second kappa shape index (κ2) is 6.37. The molecule has 0 aliphatic carbocycles. The van der Waals surface area contributed by atoms with Crippen molar-refractivity contribution in [3.8, 4) is 0 Å². The van der Waals surface area contributed by atoms with Crippen LogP contribution < -0.4 is 5.32 Å². The summed E-state index contributed by atoms with van der Waals surface area (Å²) in [5, 5.41) is 4.76. The molecule has 0 unspecified atom stereocenters. The van der Waals surface area contributed by atoms with Gasteiger partial charge in [0.25, 0.3) is 0 Å². The number of aromatic nitrogens is 1. The van der Waals surface area contributed by atoms with Crippen LogP contribution in [-0.2, 0) is 6.54 Å². The second-order valence-electron chi connectivity index (χ2n) is 5.15. The molecule has 0 amide bonds. The van der Waals surface area contributed by atoms with Crippen LogP contribution in [-0.4, -0.2) is 4.98 Å². The molecule has 0 radical (unpaired) electrons. The lowest BCUT2D eigenvalue weighted by Gasteiger charge is -2.15. The zero-order valence-corrected chi connectivity index (χ0v) is 13.5. The summed E-state index contributed by atoms with van der Waals surface area (Å²) < 4.78 is 1.11. The minimum Gasteiger partial charge on any atom is -0.306 e. The first-order valence-corrected chi connectivity index (χ1v) is 7.85. The first kappa shape index (κ1) is 14.2. The van der Waals surface area contributed by atoms with Gasteiger partial charge in [0.2, 0.25) is 0 Å². The van der Waals surface area contributed by atoms with Crippen molar-refractivity contribution in [1.29, 1.82) is 0 Å². The largest absolute Gasteiger partial charge is 0.306 e. The number of benzene rings is 2. The molecule has 1 heterocycles. The van der Waals surface area contributed by atoms with Crippen LogP contribution >= 0.6 is 15.9 Å². The van der Waals surface area contributed by atoms with Crippen LogP contribution in [0.4, 0.5) is 0 Å². The zero-order chi connectivity index (χ0) is 14.7. The quantitative estimate of drug-likeness (QED) is 0.734. The van der Waals surface area contributed by atoms with E-state index in [4.69, 9.17) is 0 Å². The van der Waals surface area contributed by atoms with E-state index in [1.807, 2.05) is 18.3 Å². The lowest BCUT2D eigenvalue weighted by atomic mass is 10.1. The molecule has 1 aromatic heterocycles. The predicted octanol–water partition coefficient (Wildman–Crippen LogP) is 4.85. The van der Waals surface area contributed by atoms with Gasteiger partial charge in [0.05, 0.1) is 5.52 Å². The van der Waals surface area contributed by atoms with E-state index in [0.29, 0.717) is 6.04 Å². The second-order valence-corrected chi connectivity index (χ2v) is 6.07. The molecule has 106 valence electrons. The Bertz CT molecular complexity index is 750. The summed E-state index contributed by atoms with van der Waals surface area (Å²) in [4.78, 5) is 4.50. The molecule has 21 heavy (non-hydrogen) atoms. The summed E-state index contributed by atoms with van der Waals surface area (Å²) in [6.45, 7) is 2.99. The van der Waals surface area contributed by atoms with E-state index in [9.17, 15) is 0 Å². The Labute approximate surface area is 133 Å². The van der Waals surface area contributed by atoms with Gasteiger partial charge in [-0.1, -0.05) is 52.3 Å². The number of rotatable bonds is 4. The van der Waals surface area contributed by atoms with Crippen LogP contribution in [0, 0.1) is 0 Å². The Morgan fingerprint density at radius 1 is 1.10 bits per heavy atom. The Kier molecular flexibility index (Phi) is 4.32. The number of fused-ring (bicyclic) bond motifs is 1. The van der Waals surface area contributed by atoms with E-state index in [2.05, 4.69) is 75.6 Å². The molecule has 1 atom stereocenters. The normalized spacial score (nSPS) is 12.5. The lowest BCUT2D eigenvalue weighted by molar-refractivity contribution is 0.576. The summed E-state index contributed by atoms with van der Waals surface area (Å²) in [6, 6.07) is 19.1. The van der Waals surface area contributed by atoms with Crippen LogP contribution in [0.3, 0.4) is 0 Å². The van der Waals surface area contributed by atoms with Crippen LogP contribution in [0.15, 0.2) is 65.3 Å². The standard InChI is InChI=1S/C18H17BrN2/c1-13(15-6-3-9-17(19)11-15)21-12-16-7-2-5-14-8-4-10-20-18(14)16/h2-11,13,21H,12H2,1H3/t13-/m1/s1. The third kappa shape index (κ3) is 3.31. The number of halogens is 1. The van der Waals surface area contributed by atoms with E-state index in [-0.39, 0.29) is 0 Å². The molecule has 0 saturated carbocycles. The molecule has 0 aliphatic heterocycles. The van der Waals surface area contributed by atoms with E-state index in [0.717, 1.165) is 16.5 Å². The van der Waals surface area contributed by atoms with Crippen LogP contribution in [0.1, 0.15) is 24.1 Å². The van der Waals surface area contributed by atoms with Crippen molar-refractivity contribution < 1.29 is 0 Å². The van der Waals surface area contributed by atoms with Crippen molar-refractivity contribution in [1.82, 2.24) is 10.3 Å². The molecule has 0 spiro atoms. The Morgan fingerprint density at radius 2 is 1.90 bits per heavy atom. The van der Waals surface area contributed by atoms with Crippen LogP contribution in [0.5, 0.6) is 0 Å². The molecule has 2 nitrogen and oxygen atoms in total. The SMILES string of the molecule is C[C@@H](NCc1cccc2cccnc12)c1cccc(Br)c1. The zero-order valence-electron chi connectivity index (χ0n) is 11.9. The third-order valence-electron chi connectivity index (χ3n) is 3.66. The van der Waals surface area contributed by atoms with Gasteiger partial charge in [0, 0.05) is 28.6 Å². The Hall–Kier alpha value is -1.71. The molecule has 3 aromatic rings. The number of pyridine rings is 1. The van der Waals surface area contributed by atoms with Crippen LogP contribution in [0.25, 0.3) is 10.9 Å². The Balaban J connectivity index is 1.77. The van der Waals surface area contributed by atoms with Gasteiger partial charge in [-0.3, -0.25) is 4.98 Å². The van der Waals surface area contributed by atoms with Gasteiger partial charge < -0.3 is 5.32 Å². The van der Waals surface area contributed by atoms with Crippen molar-refractivity contribution in [2.24, 2.45) is 0 Å². The molecule has 0 fully saturated rings. The minimum absolute atomic E-state index is 0.293. The molecule has 2 aromatic carbocycles. The molecule has 1 N–H and O–H groups in total. The van der Waals surface area contributed by atoms with Gasteiger partial charge in [-0.2, -0.15) is 0 Å². The fourth-order valence-corrected chi connectivity index (χ4v) is 2.88. The number of hydrogen-bond acceptors (Lipinski definition) is 2. The Morgan fingerprint density at radius 3 is 2.76 bits per heavy atom. The summed E-state index contributed by atoms with van der Waals surface area (Å²) in [7, 11) is 0. The molecule has 0 aliphatic rings. The average Bonchev–Trinajstić information content (AvgIpc) is 2.52. The maximum Gasteiger partial charge on any atom is 0.0746 e. The van der Waals surface area contributed by atoms with Crippen molar-refractivity contribution in [2.75, 3.05) is 0 Å². The topological polar surface area (TPSA) is 24.9 Å². The highest BCUT2D eigenvalue weighted by Crippen LogP contribution is 2.20. The first-order valence-electron chi connectivity index (χ1n) is 7.05. The number of para-hydroxylation sites is 1. The molecule has 0 saturated heterocycles. The van der Waals surface area contributed by atoms with Gasteiger partial charge in [0.15, 0.2) is 0 Å². The highest BCUT2D eigenvalue weighted by molar-refractivity contribution is 9.10. The molecular formula is C18H17BrN2. The lowest BCUT2D eigenvalue weighted by Crippen LogP contribution is -2.18. The maximum absolute atomic E-state index is 4.50. The smallest absolute Gasteiger partial charge is 0.0746 e. The van der Waals surface area contributed by atoms with Gasteiger partial charge >= 0.3 is 0 Å². The van der Waals surface area contributed by atoms with Crippen LogP contribution in [0.2, 0.25) is 0 Å². The highest BCUT2D eigenvalue weighted by Gasteiger charge is 2.07. The number of nitrogens with zero attached hydrogens (tertiary/aromatic N) is 1. The molecule has 3 heteroatoms. The van der Waals surface area contributed by atoms with E-state index < -0.39 is 0 Å². The average molecular weight is 341 g/mol. The third-order valence-corrected chi connectivity index (χ3v) is 4.16. The van der Waals surface area contributed by atoms with Gasteiger partial charge in [-0.05, 0) is 36.2 Å². The number of hydrogen-bond donors (Lipinski definition) is 1. The summed E-state index contributed by atoms with van der Waals surface area (Å²) in [5.74, 6) is 0. The fraction of sp³-hybridized carbons (Fsp3) is 0.167. The molecule has 0 bridgehead atoms. The van der Waals surface area contributed by atoms with Crippen molar-refractivity contribution in [3.05, 3.63) is 76.4 Å². The fourth-order valence-electron chi connectivity index (χ4n) is 2.47. The minimum atomic E-state index is 0.293. The van der Waals surface area contributed by atoms with Gasteiger partial charge in [0.1, 0.15) is 0 Å². The van der Waals surface area contributed by atoms with Crippen molar-refractivity contribution in [3.63, 3.8) is 0 Å². The first-order chi connectivity index (χ1) is 10.2. The van der Waals surface area contributed by atoms with Gasteiger partial charge in [-0.25, -0.2) is 0 Å². The predicted molar refractivity (Wildman–Crippen MR) is 91.1 cm³/mol. The number of nitrogens with one attached hydrogen (secondary N) is 1. The van der Waals surface area contributed by atoms with Crippen molar-refractivity contribution >= 4 is 26.8 Å². The molecule has 3 rings (SSSR count). The van der Waals surface area contributed by atoms with Gasteiger partial charge in [-0.15, -0.1) is 0 Å². The van der Waals surface area contributed by atoms with E-state index in [1.54, 1.807) is 0 Å². The highest BCUT2D eigenvalue weighted by atomic mass is 79.9. The van der Waals surface area contributed by atoms with E-state index >= 15 is 0 Å². The van der Waals surface area contributed by atoms with Crippen molar-refractivity contribution in [2.45, 2.75) is 19.5 Å². The summed E-state index contributed by atoms with van der Waals surface area (Å²) >= 11 is 3.52. The monoisotopic (exact) mass is 340 g/mol. The van der Waals surface area contributed by atoms with E-state index in [1.165, 1.54) is 16.5 Å². The summed E-state index contributed by atoms with van der Waals surface area (Å²) in [6.07, 6.45) is 1.85. The summed E-state index contributed by atoms with van der Waals surface area (Å²) in [5.41, 5.74) is 3.58. The maximum atomic E-state index is 4.50. The molecular weight excluding hydrogens is 324 g/mol.